The van der Waals surface area contributed by atoms with Crippen molar-refractivity contribution < 1.29 is 9.47 Å². The zero-order valence-electron chi connectivity index (χ0n) is 11.9. The summed E-state index contributed by atoms with van der Waals surface area (Å²) < 4.78 is 10.4. The van der Waals surface area contributed by atoms with E-state index >= 15 is 0 Å². The highest BCUT2D eigenvalue weighted by Crippen LogP contribution is 2.23. The average molecular weight is 284 g/mol. The first-order valence-corrected chi connectivity index (χ1v) is 7.92. The second-order valence-electron chi connectivity index (χ2n) is 4.84. The second kappa shape index (κ2) is 7.94. The van der Waals surface area contributed by atoms with Crippen molar-refractivity contribution in [3.05, 3.63) is 15.6 Å². The fourth-order valence-corrected chi connectivity index (χ4v) is 2.98. The van der Waals surface area contributed by atoms with Gasteiger partial charge in [0.05, 0.1) is 30.5 Å². The number of nitrogens with zero attached hydrogens (tertiary/aromatic N) is 1. The molecule has 1 aromatic rings. The fourth-order valence-electron chi connectivity index (χ4n) is 1.89. The molecule has 5 heteroatoms. The molecule has 1 aromatic heterocycles. The lowest BCUT2D eigenvalue weighted by molar-refractivity contribution is 0.0722. The van der Waals surface area contributed by atoms with Crippen LogP contribution in [0.25, 0.3) is 0 Å². The second-order valence-corrected chi connectivity index (χ2v) is 6.01. The van der Waals surface area contributed by atoms with Crippen LogP contribution in [0.2, 0.25) is 0 Å². The normalized spacial score (nSPS) is 15.1. The molecule has 0 spiro atoms. The molecule has 108 valence electrons. The Morgan fingerprint density at radius 3 is 2.84 bits per heavy atom. The molecule has 19 heavy (non-hydrogen) atoms. The van der Waals surface area contributed by atoms with E-state index in [4.69, 9.17) is 14.5 Å². The minimum absolute atomic E-state index is 0.661. The van der Waals surface area contributed by atoms with Crippen LogP contribution in [0.3, 0.4) is 0 Å². The molecule has 0 bridgehead atoms. The van der Waals surface area contributed by atoms with E-state index in [0.717, 1.165) is 32.0 Å². The van der Waals surface area contributed by atoms with Crippen LogP contribution >= 0.6 is 11.3 Å². The van der Waals surface area contributed by atoms with Crippen molar-refractivity contribution in [1.29, 1.82) is 0 Å². The van der Waals surface area contributed by atoms with Crippen LogP contribution in [0.5, 0.6) is 0 Å². The third-order valence-electron chi connectivity index (χ3n) is 3.18. The number of nitrogens with one attached hydrogen (secondary N) is 1. The first-order valence-electron chi connectivity index (χ1n) is 7.11. The Kier molecular flexibility index (Phi) is 6.23. The van der Waals surface area contributed by atoms with Gasteiger partial charge in [-0.25, -0.2) is 4.98 Å². The molecule has 4 nitrogen and oxygen atoms in total. The molecule has 1 heterocycles. The summed E-state index contributed by atoms with van der Waals surface area (Å²) in [5.74, 6) is 0. The predicted molar refractivity (Wildman–Crippen MR) is 77.8 cm³/mol. The van der Waals surface area contributed by atoms with Crippen molar-refractivity contribution in [2.24, 2.45) is 0 Å². The van der Waals surface area contributed by atoms with Gasteiger partial charge in [0.15, 0.2) is 0 Å². The van der Waals surface area contributed by atoms with Crippen molar-refractivity contribution in [3.63, 3.8) is 0 Å². The summed E-state index contributed by atoms with van der Waals surface area (Å²) >= 11 is 1.83. The molecule has 0 unspecified atom stereocenters. The Morgan fingerprint density at radius 2 is 2.16 bits per heavy atom. The van der Waals surface area contributed by atoms with E-state index in [-0.39, 0.29) is 0 Å². The molecule has 2 rings (SSSR count). The van der Waals surface area contributed by atoms with E-state index in [1.54, 1.807) is 7.11 Å². The van der Waals surface area contributed by atoms with E-state index in [1.165, 1.54) is 28.4 Å². The van der Waals surface area contributed by atoms with Gasteiger partial charge in [-0.2, -0.15) is 0 Å². The van der Waals surface area contributed by atoms with Gasteiger partial charge in [0.2, 0.25) is 0 Å². The predicted octanol–water partition coefficient (Wildman–Crippen LogP) is 2.16. The summed E-state index contributed by atoms with van der Waals surface area (Å²) in [6, 6.07) is 0.757. The maximum atomic E-state index is 5.49. The molecule has 0 atom stereocenters. The van der Waals surface area contributed by atoms with Gasteiger partial charge in [-0.1, -0.05) is 6.92 Å². The van der Waals surface area contributed by atoms with Crippen LogP contribution < -0.4 is 5.32 Å². The average Bonchev–Trinajstić information content (AvgIpc) is 3.17. The Bertz CT molecular complexity index is 378. The topological polar surface area (TPSA) is 43.4 Å². The molecule has 1 saturated carbocycles. The van der Waals surface area contributed by atoms with Crippen molar-refractivity contribution in [2.45, 2.75) is 45.2 Å². The SMILES string of the molecule is CCc1nc(CCOCCOC)sc1CNC1CC1. The summed E-state index contributed by atoms with van der Waals surface area (Å²) in [5, 5.41) is 4.76. The van der Waals surface area contributed by atoms with Gasteiger partial charge in [-0.3, -0.25) is 0 Å². The molecule has 1 aliphatic carbocycles. The van der Waals surface area contributed by atoms with E-state index in [9.17, 15) is 0 Å². The van der Waals surface area contributed by atoms with E-state index < -0.39 is 0 Å². The first kappa shape index (κ1) is 14.9. The van der Waals surface area contributed by atoms with Crippen LogP contribution in [0.1, 0.15) is 35.3 Å². The van der Waals surface area contributed by atoms with Crippen molar-refractivity contribution in [2.75, 3.05) is 26.9 Å². The third kappa shape index (κ3) is 5.18. The number of aromatic nitrogens is 1. The minimum atomic E-state index is 0.661. The largest absolute Gasteiger partial charge is 0.382 e. The number of hydrogen-bond donors (Lipinski definition) is 1. The fraction of sp³-hybridized carbons (Fsp3) is 0.786. The zero-order chi connectivity index (χ0) is 13.5. The molecule has 0 aliphatic heterocycles. The monoisotopic (exact) mass is 284 g/mol. The molecule has 1 aliphatic rings. The number of methoxy groups -OCH3 is 1. The van der Waals surface area contributed by atoms with Gasteiger partial charge in [-0.15, -0.1) is 11.3 Å². The lowest BCUT2D eigenvalue weighted by Gasteiger charge is -2.01. The Hall–Kier alpha value is -0.490. The summed E-state index contributed by atoms with van der Waals surface area (Å²) in [6.45, 7) is 5.22. The highest BCUT2D eigenvalue weighted by atomic mass is 32.1. The van der Waals surface area contributed by atoms with Crippen LogP contribution in [0.15, 0.2) is 0 Å². The minimum Gasteiger partial charge on any atom is -0.382 e. The lowest BCUT2D eigenvalue weighted by atomic mass is 10.3. The third-order valence-corrected chi connectivity index (χ3v) is 4.34. The van der Waals surface area contributed by atoms with Crippen LogP contribution in [-0.2, 0) is 28.9 Å². The Balaban J connectivity index is 1.76. The maximum Gasteiger partial charge on any atom is 0.0954 e. The van der Waals surface area contributed by atoms with Gasteiger partial charge in [0, 0.05) is 31.0 Å². The molecule has 0 aromatic carbocycles. The molecule has 0 amide bonds. The van der Waals surface area contributed by atoms with Gasteiger partial charge < -0.3 is 14.8 Å². The number of rotatable bonds is 10. The molecule has 1 fully saturated rings. The van der Waals surface area contributed by atoms with Crippen molar-refractivity contribution in [1.82, 2.24) is 10.3 Å². The van der Waals surface area contributed by atoms with Crippen LogP contribution in [-0.4, -0.2) is 38.0 Å². The summed E-state index contributed by atoms with van der Waals surface area (Å²) in [6.07, 6.45) is 4.59. The Labute approximate surface area is 119 Å². The maximum absolute atomic E-state index is 5.49. The lowest BCUT2D eigenvalue weighted by Crippen LogP contribution is -2.15. The first-order chi connectivity index (χ1) is 9.33. The Morgan fingerprint density at radius 1 is 1.32 bits per heavy atom. The number of aryl methyl sites for hydroxylation is 1. The van der Waals surface area contributed by atoms with Gasteiger partial charge >= 0.3 is 0 Å². The number of hydrogen-bond acceptors (Lipinski definition) is 5. The van der Waals surface area contributed by atoms with E-state index in [0.29, 0.717) is 13.2 Å². The molecular weight excluding hydrogens is 260 g/mol. The van der Waals surface area contributed by atoms with Crippen molar-refractivity contribution >= 4 is 11.3 Å². The van der Waals surface area contributed by atoms with E-state index in [2.05, 4.69) is 12.2 Å². The number of ether oxygens (including phenoxy) is 2. The van der Waals surface area contributed by atoms with Crippen LogP contribution in [0, 0.1) is 0 Å². The molecular formula is C14H24N2O2S. The number of thiazole rings is 1. The smallest absolute Gasteiger partial charge is 0.0954 e. The summed E-state index contributed by atoms with van der Waals surface area (Å²) in [5.41, 5.74) is 1.25. The van der Waals surface area contributed by atoms with Gasteiger partial charge in [0.1, 0.15) is 0 Å². The molecule has 1 N–H and O–H groups in total. The van der Waals surface area contributed by atoms with Crippen LogP contribution in [0.4, 0.5) is 0 Å². The summed E-state index contributed by atoms with van der Waals surface area (Å²) in [4.78, 5) is 6.12. The highest BCUT2D eigenvalue weighted by molar-refractivity contribution is 7.11. The standard InChI is InChI=1S/C14H24N2O2S/c1-3-12-13(10-15-11-4-5-11)19-14(16-12)6-7-18-9-8-17-2/h11,15H,3-10H2,1-2H3. The van der Waals surface area contributed by atoms with E-state index in [1.807, 2.05) is 11.3 Å². The van der Waals surface area contributed by atoms with Gasteiger partial charge in [-0.05, 0) is 19.3 Å². The molecule has 0 saturated heterocycles. The molecule has 0 radical (unpaired) electrons. The van der Waals surface area contributed by atoms with Crippen molar-refractivity contribution in [3.8, 4) is 0 Å². The van der Waals surface area contributed by atoms with Gasteiger partial charge in [0.25, 0.3) is 0 Å². The quantitative estimate of drug-likeness (QED) is 0.669. The highest BCUT2D eigenvalue weighted by Gasteiger charge is 2.21. The zero-order valence-corrected chi connectivity index (χ0v) is 12.7. The summed E-state index contributed by atoms with van der Waals surface area (Å²) in [7, 11) is 1.69.